The Balaban J connectivity index is 2.04. The summed E-state index contributed by atoms with van der Waals surface area (Å²) in [4.78, 5) is 26.8. The molecule has 28 heavy (non-hydrogen) atoms. The summed E-state index contributed by atoms with van der Waals surface area (Å²) in [7, 11) is 0. The van der Waals surface area contributed by atoms with Crippen LogP contribution >= 0.6 is 0 Å². The molecule has 5 nitrogen and oxygen atoms in total. The van der Waals surface area contributed by atoms with Gasteiger partial charge in [-0.2, -0.15) is 0 Å². The van der Waals surface area contributed by atoms with E-state index in [0.29, 0.717) is 42.3 Å². The Morgan fingerprint density at radius 3 is 2.25 bits per heavy atom. The topological polar surface area (TPSA) is 58.6 Å². The summed E-state index contributed by atoms with van der Waals surface area (Å²) >= 11 is 0. The number of nitrogens with one attached hydrogen (secondary N) is 1. The molecule has 1 N–H and O–H groups in total. The van der Waals surface area contributed by atoms with Crippen LogP contribution in [0.3, 0.4) is 0 Å². The molecule has 150 valence electrons. The highest BCUT2D eigenvalue weighted by molar-refractivity contribution is 6.06. The maximum atomic E-state index is 12.7. The van der Waals surface area contributed by atoms with Gasteiger partial charge in [-0.1, -0.05) is 31.9 Å². The van der Waals surface area contributed by atoms with Crippen molar-refractivity contribution in [2.75, 3.05) is 25.0 Å². The zero-order valence-electron chi connectivity index (χ0n) is 17.0. The van der Waals surface area contributed by atoms with Crippen molar-refractivity contribution in [3.8, 4) is 5.75 Å². The van der Waals surface area contributed by atoms with Crippen LogP contribution in [-0.4, -0.2) is 36.4 Å². The largest absolute Gasteiger partial charge is 0.493 e. The van der Waals surface area contributed by atoms with E-state index in [-0.39, 0.29) is 11.8 Å². The van der Waals surface area contributed by atoms with Gasteiger partial charge in [-0.3, -0.25) is 9.59 Å². The molecule has 0 unspecified atom stereocenters. The monoisotopic (exact) mass is 382 g/mol. The molecule has 0 saturated heterocycles. The van der Waals surface area contributed by atoms with E-state index in [9.17, 15) is 9.59 Å². The van der Waals surface area contributed by atoms with Gasteiger partial charge >= 0.3 is 0 Å². The molecule has 0 aliphatic carbocycles. The Hall–Kier alpha value is -2.82. The number of carbonyl (C=O) groups is 2. The van der Waals surface area contributed by atoms with Gasteiger partial charge in [0.05, 0.1) is 12.2 Å². The molecule has 0 bridgehead atoms. The standard InChI is InChI=1S/C23H30N2O3/c1-4-7-10-17-28-21-12-9-8-11-20(21)22(26)24-19-15-13-18(14-16-19)23(27)25(5-2)6-3/h8-9,11-16H,4-7,10,17H2,1-3H3,(H,24,26). The first-order chi connectivity index (χ1) is 13.6. The van der Waals surface area contributed by atoms with Gasteiger partial charge < -0.3 is 15.0 Å². The van der Waals surface area contributed by atoms with E-state index in [1.165, 1.54) is 0 Å². The molecule has 2 rings (SSSR count). The first kappa shape index (κ1) is 21.5. The number of hydrogen-bond acceptors (Lipinski definition) is 3. The third-order valence-electron chi connectivity index (χ3n) is 4.58. The Kier molecular flexibility index (Phi) is 8.53. The van der Waals surface area contributed by atoms with Crippen molar-refractivity contribution in [3.05, 3.63) is 59.7 Å². The minimum atomic E-state index is -0.228. The molecule has 0 aliphatic rings. The second kappa shape index (κ2) is 11.1. The van der Waals surface area contributed by atoms with E-state index in [2.05, 4.69) is 12.2 Å². The number of hydrogen-bond donors (Lipinski definition) is 1. The molecule has 0 aliphatic heterocycles. The number of nitrogens with zero attached hydrogens (tertiary/aromatic N) is 1. The fraction of sp³-hybridized carbons (Fsp3) is 0.391. The van der Waals surface area contributed by atoms with Crippen LogP contribution in [0.5, 0.6) is 5.75 Å². The molecule has 2 aromatic carbocycles. The molecular formula is C23H30N2O3. The van der Waals surface area contributed by atoms with E-state index >= 15 is 0 Å². The van der Waals surface area contributed by atoms with E-state index in [0.717, 1.165) is 19.3 Å². The van der Waals surface area contributed by atoms with Gasteiger partial charge in [-0.05, 0) is 56.7 Å². The van der Waals surface area contributed by atoms with Crippen LogP contribution in [-0.2, 0) is 0 Å². The van der Waals surface area contributed by atoms with Crippen LogP contribution in [0.2, 0.25) is 0 Å². The normalized spacial score (nSPS) is 10.4. The summed E-state index contributed by atoms with van der Waals surface area (Å²) in [5.74, 6) is 0.354. The quantitative estimate of drug-likeness (QED) is 0.589. The lowest BCUT2D eigenvalue weighted by Gasteiger charge is -2.18. The minimum absolute atomic E-state index is 0.00583. The number of anilines is 1. The van der Waals surface area contributed by atoms with Gasteiger partial charge in [-0.15, -0.1) is 0 Å². The molecule has 0 fully saturated rings. The Morgan fingerprint density at radius 2 is 1.61 bits per heavy atom. The van der Waals surface area contributed by atoms with Gasteiger partial charge in [0.15, 0.2) is 0 Å². The maximum absolute atomic E-state index is 12.7. The molecule has 0 atom stereocenters. The van der Waals surface area contributed by atoms with Crippen molar-refractivity contribution < 1.29 is 14.3 Å². The van der Waals surface area contributed by atoms with Gasteiger partial charge in [-0.25, -0.2) is 0 Å². The molecule has 0 saturated carbocycles. The van der Waals surface area contributed by atoms with Gasteiger partial charge in [0, 0.05) is 24.3 Å². The highest BCUT2D eigenvalue weighted by atomic mass is 16.5. The predicted octanol–water partition coefficient (Wildman–Crippen LogP) is 4.99. The van der Waals surface area contributed by atoms with Crippen molar-refractivity contribution >= 4 is 17.5 Å². The number of unbranched alkanes of at least 4 members (excludes halogenated alkanes) is 2. The average molecular weight is 383 g/mol. The van der Waals surface area contributed by atoms with Crippen LogP contribution in [0.25, 0.3) is 0 Å². The predicted molar refractivity (Wildman–Crippen MR) is 113 cm³/mol. The zero-order chi connectivity index (χ0) is 20.4. The molecule has 2 amide bonds. The number of carbonyl (C=O) groups excluding carboxylic acids is 2. The third-order valence-corrected chi connectivity index (χ3v) is 4.58. The Bertz CT molecular complexity index is 768. The van der Waals surface area contributed by atoms with Crippen LogP contribution in [0.4, 0.5) is 5.69 Å². The number of para-hydroxylation sites is 1. The van der Waals surface area contributed by atoms with Crippen LogP contribution in [0.15, 0.2) is 48.5 Å². The molecule has 5 heteroatoms. The van der Waals surface area contributed by atoms with Gasteiger partial charge in [0.2, 0.25) is 0 Å². The van der Waals surface area contributed by atoms with E-state index in [1.807, 2.05) is 32.0 Å². The van der Waals surface area contributed by atoms with Gasteiger partial charge in [0.1, 0.15) is 5.75 Å². The van der Waals surface area contributed by atoms with Crippen LogP contribution < -0.4 is 10.1 Å². The van der Waals surface area contributed by atoms with Gasteiger partial charge in [0.25, 0.3) is 11.8 Å². The fourth-order valence-electron chi connectivity index (χ4n) is 2.90. The lowest BCUT2D eigenvalue weighted by molar-refractivity contribution is 0.0773. The Labute approximate surface area is 167 Å². The second-order valence-electron chi connectivity index (χ2n) is 6.56. The lowest BCUT2D eigenvalue weighted by Crippen LogP contribution is -2.30. The molecule has 0 radical (unpaired) electrons. The molecule has 0 spiro atoms. The number of rotatable bonds is 10. The first-order valence-corrected chi connectivity index (χ1v) is 10.0. The summed E-state index contributed by atoms with van der Waals surface area (Å²) in [5, 5.41) is 2.88. The number of amides is 2. The zero-order valence-corrected chi connectivity index (χ0v) is 17.0. The first-order valence-electron chi connectivity index (χ1n) is 10.0. The highest BCUT2D eigenvalue weighted by Gasteiger charge is 2.14. The summed E-state index contributed by atoms with van der Waals surface area (Å²) in [6, 6.07) is 14.2. The summed E-state index contributed by atoms with van der Waals surface area (Å²) in [5.41, 5.74) is 1.76. The van der Waals surface area contributed by atoms with Crippen LogP contribution in [0, 0.1) is 0 Å². The van der Waals surface area contributed by atoms with Crippen molar-refractivity contribution in [1.82, 2.24) is 4.90 Å². The van der Waals surface area contributed by atoms with Crippen LogP contribution in [0.1, 0.15) is 60.7 Å². The number of benzene rings is 2. The van der Waals surface area contributed by atoms with E-state index < -0.39 is 0 Å². The average Bonchev–Trinajstić information content (AvgIpc) is 2.73. The number of ether oxygens (including phenoxy) is 1. The van der Waals surface area contributed by atoms with Crippen molar-refractivity contribution in [2.45, 2.75) is 40.0 Å². The van der Waals surface area contributed by atoms with E-state index in [1.54, 1.807) is 35.2 Å². The molecule has 2 aromatic rings. The summed E-state index contributed by atoms with van der Waals surface area (Å²) < 4.78 is 5.79. The third kappa shape index (κ3) is 5.84. The molecule has 0 aromatic heterocycles. The second-order valence-corrected chi connectivity index (χ2v) is 6.56. The molecule has 0 heterocycles. The van der Waals surface area contributed by atoms with Crippen molar-refractivity contribution in [3.63, 3.8) is 0 Å². The highest BCUT2D eigenvalue weighted by Crippen LogP contribution is 2.21. The van der Waals surface area contributed by atoms with E-state index in [4.69, 9.17) is 4.74 Å². The minimum Gasteiger partial charge on any atom is -0.493 e. The summed E-state index contributed by atoms with van der Waals surface area (Å²) in [6.07, 6.45) is 3.19. The smallest absolute Gasteiger partial charge is 0.259 e. The fourth-order valence-corrected chi connectivity index (χ4v) is 2.90. The SMILES string of the molecule is CCCCCOc1ccccc1C(=O)Nc1ccc(C(=O)N(CC)CC)cc1. The maximum Gasteiger partial charge on any atom is 0.259 e. The summed E-state index contributed by atoms with van der Waals surface area (Å²) in [6.45, 7) is 7.99. The van der Waals surface area contributed by atoms with Crippen molar-refractivity contribution in [1.29, 1.82) is 0 Å². The molecular weight excluding hydrogens is 352 g/mol. The lowest BCUT2D eigenvalue weighted by atomic mass is 10.1. The Morgan fingerprint density at radius 1 is 0.929 bits per heavy atom. The van der Waals surface area contributed by atoms with Crippen molar-refractivity contribution in [2.24, 2.45) is 0 Å².